The van der Waals surface area contributed by atoms with Crippen LogP contribution in [0, 0.1) is 22.7 Å². The predicted octanol–water partition coefficient (Wildman–Crippen LogP) is 2.49. The lowest BCUT2D eigenvalue weighted by Crippen LogP contribution is -2.66. The Bertz CT molecular complexity index is 468. The molecule has 2 aliphatic carbocycles. The summed E-state index contributed by atoms with van der Waals surface area (Å²) in [5.74, 6) is 0.691. The summed E-state index contributed by atoms with van der Waals surface area (Å²) < 4.78 is 6.67. The second-order valence-electron chi connectivity index (χ2n) is 9.27. The molecule has 7 atom stereocenters. The number of hydrogen-bond acceptors (Lipinski definition) is 4. The van der Waals surface area contributed by atoms with Gasteiger partial charge in [-0.15, -0.1) is 0 Å². The molecular weight excluding hydrogens is 292 g/mol. The first-order valence-corrected chi connectivity index (χ1v) is 9.27. The summed E-state index contributed by atoms with van der Waals surface area (Å²) >= 11 is 0. The maximum Gasteiger partial charge on any atom is 0.0893 e. The van der Waals surface area contributed by atoms with Gasteiger partial charge in [0.25, 0.3) is 0 Å². The zero-order valence-electron chi connectivity index (χ0n) is 15.1. The average molecular weight is 326 g/mol. The van der Waals surface area contributed by atoms with Crippen LogP contribution in [0.4, 0.5) is 0 Å². The molecule has 134 valence electrons. The number of rotatable bonds is 2. The van der Waals surface area contributed by atoms with E-state index in [-0.39, 0.29) is 30.1 Å². The van der Waals surface area contributed by atoms with E-state index in [4.69, 9.17) is 4.74 Å². The molecule has 1 aliphatic heterocycles. The Morgan fingerprint density at radius 3 is 2.22 bits per heavy atom. The van der Waals surface area contributed by atoms with Crippen LogP contribution < -0.4 is 0 Å². The van der Waals surface area contributed by atoms with Gasteiger partial charge in [0.05, 0.1) is 30.5 Å². The average Bonchev–Trinajstić information content (AvgIpc) is 2.90. The Morgan fingerprint density at radius 2 is 1.65 bits per heavy atom. The lowest BCUT2D eigenvalue weighted by Gasteiger charge is -2.65. The third-order valence-electron chi connectivity index (χ3n) is 8.04. The molecular formula is C19H34O4. The molecule has 2 saturated carbocycles. The van der Waals surface area contributed by atoms with Crippen molar-refractivity contribution < 1.29 is 20.1 Å². The fraction of sp³-hybridized carbons (Fsp3) is 1.00. The summed E-state index contributed by atoms with van der Waals surface area (Å²) in [7, 11) is 0. The van der Waals surface area contributed by atoms with Crippen LogP contribution in [0.3, 0.4) is 0 Å². The molecule has 0 radical (unpaired) electrons. The van der Waals surface area contributed by atoms with Crippen molar-refractivity contribution in [2.45, 2.75) is 83.5 Å². The standard InChI is InChI=1S/C19H34O4/c1-13-5-6-14-17(3,12-21)15(22)7-8-18(14,4)19(13)10-9-16(2,11-20)23-19/h13-15,20-22H,5-12H2,1-4H3/t13-,14-,15+,16-,17+,18-,19+/m0/s1. The summed E-state index contributed by atoms with van der Waals surface area (Å²) in [5.41, 5.74) is -1.22. The van der Waals surface area contributed by atoms with Gasteiger partial charge in [0.1, 0.15) is 0 Å². The molecule has 4 nitrogen and oxygen atoms in total. The van der Waals surface area contributed by atoms with E-state index in [0.29, 0.717) is 5.92 Å². The second kappa shape index (κ2) is 5.42. The Morgan fingerprint density at radius 1 is 0.957 bits per heavy atom. The fourth-order valence-electron chi connectivity index (χ4n) is 6.34. The van der Waals surface area contributed by atoms with Gasteiger partial charge in [-0.25, -0.2) is 0 Å². The summed E-state index contributed by atoms with van der Waals surface area (Å²) in [6, 6.07) is 0. The van der Waals surface area contributed by atoms with Gasteiger partial charge in [0.2, 0.25) is 0 Å². The molecule has 0 aromatic carbocycles. The number of aliphatic hydroxyl groups excluding tert-OH is 3. The first kappa shape index (κ1) is 17.7. The number of hydrogen-bond donors (Lipinski definition) is 3. The van der Waals surface area contributed by atoms with Crippen LogP contribution in [-0.2, 0) is 4.74 Å². The molecule has 23 heavy (non-hydrogen) atoms. The van der Waals surface area contributed by atoms with Gasteiger partial charge in [-0.3, -0.25) is 0 Å². The highest BCUT2D eigenvalue weighted by Crippen LogP contribution is 2.67. The van der Waals surface area contributed by atoms with Crippen molar-refractivity contribution in [3.8, 4) is 0 Å². The molecule has 3 fully saturated rings. The topological polar surface area (TPSA) is 69.9 Å². The first-order valence-electron chi connectivity index (χ1n) is 9.27. The smallest absolute Gasteiger partial charge is 0.0893 e. The van der Waals surface area contributed by atoms with Gasteiger partial charge in [0, 0.05) is 10.8 Å². The van der Waals surface area contributed by atoms with Gasteiger partial charge < -0.3 is 20.1 Å². The van der Waals surface area contributed by atoms with Crippen molar-refractivity contribution in [1.29, 1.82) is 0 Å². The van der Waals surface area contributed by atoms with Gasteiger partial charge in [0.15, 0.2) is 0 Å². The van der Waals surface area contributed by atoms with E-state index >= 15 is 0 Å². The van der Waals surface area contributed by atoms with Gasteiger partial charge in [-0.1, -0.05) is 20.8 Å². The minimum atomic E-state index is -0.457. The first-order chi connectivity index (χ1) is 10.7. The maximum absolute atomic E-state index is 10.6. The molecule has 1 spiro atoms. The molecule has 0 aromatic heterocycles. The summed E-state index contributed by atoms with van der Waals surface area (Å²) in [6.45, 7) is 8.74. The monoisotopic (exact) mass is 326 g/mol. The Hall–Kier alpha value is -0.160. The Kier molecular flexibility index (Phi) is 4.16. The third kappa shape index (κ3) is 2.18. The molecule has 3 N–H and O–H groups in total. The van der Waals surface area contributed by atoms with Crippen LogP contribution >= 0.6 is 0 Å². The largest absolute Gasteiger partial charge is 0.396 e. The van der Waals surface area contributed by atoms with Crippen molar-refractivity contribution >= 4 is 0 Å². The molecule has 1 heterocycles. The van der Waals surface area contributed by atoms with Crippen LogP contribution in [0.15, 0.2) is 0 Å². The molecule has 0 bridgehead atoms. The van der Waals surface area contributed by atoms with Crippen LogP contribution in [0.5, 0.6) is 0 Å². The highest BCUT2D eigenvalue weighted by molar-refractivity contribution is 5.17. The highest BCUT2D eigenvalue weighted by Gasteiger charge is 2.68. The third-order valence-corrected chi connectivity index (χ3v) is 8.04. The summed E-state index contributed by atoms with van der Waals surface area (Å²) in [4.78, 5) is 0. The van der Waals surface area contributed by atoms with E-state index in [1.165, 1.54) is 0 Å². The lowest BCUT2D eigenvalue weighted by molar-refractivity contribution is -0.268. The number of aliphatic hydroxyl groups is 3. The van der Waals surface area contributed by atoms with E-state index in [1.807, 2.05) is 13.8 Å². The SMILES string of the molecule is C[C@H]1CC[C@H]2[C@@](C)(CO)[C@H](O)CC[C@]2(C)[C@@]12CC[C@@](C)(CO)O2. The van der Waals surface area contributed by atoms with Gasteiger partial charge >= 0.3 is 0 Å². The van der Waals surface area contributed by atoms with Crippen LogP contribution in [0.1, 0.15) is 66.2 Å². The molecule has 0 aromatic rings. The second-order valence-corrected chi connectivity index (χ2v) is 9.27. The maximum atomic E-state index is 10.6. The molecule has 1 saturated heterocycles. The van der Waals surface area contributed by atoms with E-state index in [2.05, 4.69) is 13.8 Å². The van der Waals surface area contributed by atoms with Crippen molar-refractivity contribution in [3.63, 3.8) is 0 Å². The molecule has 0 amide bonds. The molecule has 3 aliphatic rings. The molecule has 4 heteroatoms. The van der Waals surface area contributed by atoms with Crippen LogP contribution in [0.25, 0.3) is 0 Å². The summed E-state index contributed by atoms with van der Waals surface area (Å²) in [6.07, 6.45) is 5.15. The van der Waals surface area contributed by atoms with Crippen molar-refractivity contribution in [1.82, 2.24) is 0 Å². The normalized spacial score (nSPS) is 56.7. The zero-order valence-corrected chi connectivity index (χ0v) is 15.1. The van der Waals surface area contributed by atoms with E-state index < -0.39 is 17.1 Å². The minimum absolute atomic E-state index is 0.0240. The Labute approximate surface area is 140 Å². The molecule has 3 rings (SSSR count). The Balaban J connectivity index is 2.04. The fourth-order valence-corrected chi connectivity index (χ4v) is 6.34. The zero-order chi connectivity index (χ0) is 17.1. The predicted molar refractivity (Wildman–Crippen MR) is 89.0 cm³/mol. The molecule has 0 unspecified atom stereocenters. The van der Waals surface area contributed by atoms with Crippen LogP contribution in [0.2, 0.25) is 0 Å². The quantitative estimate of drug-likeness (QED) is 0.729. The van der Waals surface area contributed by atoms with Crippen LogP contribution in [-0.4, -0.2) is 45.8 Å². The van der Waals surface area contributed by atoms with Gasteiger partial charge in [-0.2, -0.15) is 0 Å². The van der Waals surface area contributed by atoms with Crippen molar-refractivity contribution in [2.75, 3.05) is 13.2 Å². The number of fused-ring (bicyclic) bond motifs is 2. The van der Waals surface area contributed by atoms with Crippen molar-refractivity contribution in [2.24, 2.45) is 22.7 Å². The van der Waals surface area contributed by atoms with E-state index in [0.717, 1.165) is 38.5 Å². The van der Waals surface area contributed by atoms with Crippen molar-refractivity contribution in [3.05, 3.63) is 0 Å². The van der Waals surface area contributed by atoms with E-state index in [9.17, 15) is 15.3 Å². The highest BCUT2D eigenvalue weighted by atomic mass is 16.5. The lowest BCUT2D eigenvalue weighted by atomic mass is 9.43. The summed E-state index contributed by atoms with van der Waals surface area (Å²) in [5, 5.41) is 30.5. The van der Waals surface area contributed by atoms with Gasteiger partial charge in [-0.05, 0) is 57.3 Å². The minimum Gasteiger partial charge on any atom is -0.396 e. The van der Waals surface area contributed by atoms with E-state index in [1.54, 1.807) is 0 Å². The number of ether oxygens (including phenoxy) is 1.